The van der Waals surface area contributed by atoms with Gasteiger partial charge in [0.2, 0.25) is 0 Å². The van der Waals surface area contributed by atoms with Gasteiger partial charge in [-0.1, -0.05) is 66.0 Å². The second kappa shape index (κ2) is 8.75. The fraction of sp³-hybridized carbons (Fsp3) is 0.760. The number of fused-ring (bicyclic) bond motifs is 1. The molecule has 0 radical (unpaired) electrons. The summed E-state index contributed by atoms with van der Waals surface area (Å²) in [5.74, 6) is 1.72. The van der Waals surface area contributed by atoms with Crippen molar-refractivity contribution in [2.75, 3.05) is 13.7 Å². The molecule has 0 aliphatic carbocycles. The topological polar surface area (TPSA) is 24.5 Å². The van der Waals surface area contributed by atoms with Crippen molar-refractivity contribution in [1.29, 1.82) is 0 Å². The molecule has 3 rings (SSSR count). The number of rotatable bonds is 7. The molecule has 0 amide bonds. The number of ether oxygens (including phenoxy) is 1. The minimum Gasteiger partial charge on any atom is -0.497 e. The molecule has 4 unspecified atom stereocenters. The van der Waals surface area contributed by atoms with Gasteiger partial charge in [0.25, 0.3) is 0 Å². The first-order chi connectivity index (χ1) is 13.3. The van der Waals surface area contributed by atoms with Crippen LogP contribution in [0.5, 0.6) is 5.75 Å². The van der Waals surface area contributed by atoms with Crippen LogP contribution in [0.1, 0.15) is 78.7 Å². The van der Waals surface area contributed by atoms with Crippen LogP contribution in [0.4, 0.5) is 0 Å². The Kier molecular flexibility index (Phi) is 6.76. The fourth-order valence-corrected chi connectivity index (χ4v) is 5.92. The van der Waals surface area contributed by atoms with Crippen molar-refractivity contribution in [1.82, 2.24) is 10.2 Å². The molecule has 0 bridgehead atoms. The lowest BCUT2D eigenvalue weighted by atomic mass is 9.63. The summed E-state index contributed by atoms with van der Waals surface area (Å²) in [5, 5.41) is 3.94. The molecule has 2 aliphatic heterocycles. The fourth-order valence-electron chi connectivity index (χ4n) is 5.92. The molecule has 3 heteroatoms. The lowest BCUT2D eigenvalue weighted by Gasteiger charge is -2.47. The van der Waals surface area contributed by atoms with Crippen LogP contribution in [-0.2, 0) is 6.54 Å². The van der Waals surface area contributed by atoms with E-state index in [1.807, 2.05) is 6.07 Å². The first kappa shape index (κ1) is 21.6. The number of benzene rings is 1. The number of unbranched alkanes of at least 4 members (excludes halogenated alkanes) is 1. The van der Waals surface area contributed by atoms with Gasteiger partial charge in [-0.05, 0) is 60.3 Å². The number of piperidine rings is 1. The van der Waals surface area contributed by atoms with Crippen molar-refractivity contribution < 1.29 is 4.74 Å². The number of hydrogen-bond donors (Lipinski definition) is 1. The first-order valence-corrected chi connectivity index (χ1v) is 11.5. The zero-order valence-electron chi connectivity index (χ0n) is 19.1. The molecule has 4 atom stereocenters. The van der Waals surface area contributed by atoms with E-state index in [9.17, 15) is 0 Å². The van der Waals surface area contributed by atoms with Crippen LogP contribution < -0.4 is 10.1 Å². The van der Waals surface area contributed by atoms with Crippen molar-refractivity contribution in [2.24, 2.45) is 16.7 Å². The molecule has 1 aromatic carbocycles. The largest absolute Gasteiger partial charge is 0.497 e. The normalized spacial score (nSPS) is 31.0. The summed E-state index contributed by atoms with van der Waals surface area (Å²) in [5.41, 5.74) is 2.15. The second-order valence-corrected chi connectivity index (χ2v) is 10.2. The molecule has 1 aromatic rings. The van der Waals surface area contributed by atoms with Gasteiger partial charge in [-0.2, -0.15) is 0 Å². The summed E-state index contributed by atoms with van der Waals surface area (Å²) in [6.45, 7) is 14.2. The lowest BCUT2D eigenvalue weighted by molar-refractivity contribution is 0.0153. The van der Waals surface area contributed by atoms with Gasteiger partial charge in [-0.15, -0.1) is 0 Å². The maximum atomic E-state index is 5.48. The number of methoxy groups -OCH3 is 1. The lowest BCUT2D eigenvalue weighted by Crippen LogP contribution is -2.56. The van der Waals surface area contributed by atoms with E-state index in [2.05, 4.69) is 63.0 Å². The number of nitrogens with zero attached hydrogens (tertiary/aromatic N) is 1. The third kappa shape index (κ3) is 4.26. The zero-order chi connectivity index (χ0) is 20.4. The summed E-state index contributed by atoms with van der Waals surface area (Å²) in [6, 6.07) is 9.23. The number of hydrogen-bond acceptors (Lipinski definition) is 3. The van der Waals surface area contributed by atoms with Crippen molar-refractivity contribution in [3.05, 3.63) is 29.8 Å². The van der Waals surface area contributed by atoms with Gasteiger partial charge in [0, 0.05) is 12.6 Å². The van der Waals surface area contributed by atoms with Crippen LogP contribution in [0.2, 0.25) is 0 Å². The first-order valence-electron chi connectivity index (χ1n) is 11.5. The quantitative estimate of drug-likeness (QED) is 0.637. The highest BCUT2D eigenvalue weighted by molar-refractivity contribution is 5.28. The molecular formula is C25H42N2O. The summed E-state index contributed by atoms with van der Waals surface area (Å²) in [6.07, 6.45) is 8.56. The van der Waals surface area contributed by atoms with Gasteiger partial charge in [0.1, 0.15) is 5.75 Å². The van der Waals surface area contributed by atoms with E-state index < -0.39 is 0 Å². The molecular weight excluding hydrogens is 344 g/mol. The Morgan fingerprint density at radius 1 is 1.25 bits per heavy atom. The Morgan fingerprint density at radius 3 is 2.68 bits per heavy atom. The van der Waals surface area contributed by atoms with Gasteiger partial charge >= 0.3 is 0 Å². The van der Waals surface area contributed by atoms with E-state index in [1.54, 1.807) is 7.11 Å². The van der Waals surface area contributed by atoms with E-state index in [-0.39, 0.29) is 5.41 Å². The Labute approximate surface area is 173 Å². The molecule has 2 heterocycles. The highest BCUT2D eigenvalue weighted by Gasteiger charge is 2.54. The highest BCUT2D eigenvalue weighted by atomic mass is 16.5. The van der Waals surface area contributed by atoms with E-state index in [4.69, 9.17) is 4.74 Å². The predicted octanol–water partition coefficient (Wildman–Crippen LogP) is 5.84. The standard InChI is InChI=1S/C25H42N2O/c1-7-9-13-25(8-2)14-15-26-23-21(25)17-22(24(3,4)5)27(23)18-19-11-10-12-20(16-19)28-6/h10-12,16,21-23,26H,7-9,13-15,17-18H2,1-6H3. The third-order valence-electron chi connectivity index (χ3n) is 7.61. The van der Waals surface area contributed by atoms with E-state index in [1.165, 1.54) is 44.1 Å². The minimum absolute atomic E-state index is 0.280. The molecule has 3 nitrogen and oxygen atoms in total. The Balaban J connectivity index is 1.91. The van der Waals surface area contributed by atoms with E-state index in [0.717, 1.165) is 24.8 Å². The predicted molar refractivity (Wildman–Crippen MR) is 119 cm³/mol. The Bertz CT molecular complexity index is 638. The van der Waals surface area contributed by atoms with Gasteiger partial charge < -0.3 is 10.1 Å². The number of nitrogens with one attached hydrogen (secondary N) is 1. The van der Waals surface area contributed by atoms with Gasteiger partial charge in [0.15, 0.2) is 0 Å². The maximum Gasteiger partial charge on any atom is 0.119 e. The SMILES string of the molecule is CCCCC1(CC)CCNC2C1CC(C(C)(C)C)N2Cc1cccc(OC)c1. The average Bonchev–Trinajstić information content (AvgIpc) is 3.06. The van der Waals surface area contributed by atoms with Crippen molar-refractivity contribution in [2.45, 2.75) is 91.9 Å². The third-order valence-corrected chi connectivity index (χ3v) is 7.61. The molecule has 0 aromatic heterocycles. The Hall–Kier alpha value is -1.06. The zero-order valence-corrected chi connectivity index (χ0v) is 19.1. The van der Waals surface area contributed by atoms with Crippen LogP contribution in [0.15, 0.2) is 24.3 Å². The second-order valence-electron chi connectivity index (χ2n) is 10.2. The maximum absolute atomic E-state index is 5.48. The van der Waals surface area contributed by atoms with Crippen molar-refractivity contribution in [3.8, 4) is 5.75 Å². The molecule has 2 fully saturated rings. The molecule has 0 saturated carbocycles. The van der Waals surface area contributed by atoms with Crippen molar-refractivity contribution >= 4 is 0 Å². The van der Waals surface area contributed by atoms with Crippen LogP contribution in [0.3, 0.4) is 0 Å². The molecule has 158 valence electrons. The molecule has 1 N–H and O–H groups in total. The Morgan fingerprint density at radius 2 is 2.04 bits per heavy atom. The van der Waals surface area contributed by atoms with Gasteiger partial charge in [0.05, 0.1) is 13.3 Å². The average molecular weight is 387 g/mol. The van der Waals surface area contributed by atoms with Gasteiger partial charge in [-0.25, -0.2) is 0 Å². The molecule has 0 spiro atoms. The summed E-state index contributed by atoms with van der Waals surface area (Å²) in [4.78, 5) is 2.79. The molecule has 28 heavy (non-hydrogen) atoms. The monoisotopic (exact) mass is 386 g/mol. The minimum atomic E-state index is 0.280. The van der Waals surface area contributed by atoms with Gasteiger partial charge in [-0.3, -0.25) is 4.90 Å². The van der Waals surface area contributed by atoms with E-state index >= 15 is 0 Å². The summed E-state index contributed by atoms with van der Waals surface area (Å²) >= 11 is 0. The number of likely N-dealkylation sites (tertiary alicyclic amines) is 1. The summed E-state index contributed by atoms with van der Waals surface area (Å²) < 4.78 is 5.48. The van der Waals surface area contributed by atoms with E-state index in [0.29, 0.717) is 17.6 Å². The van der Waals surface area contributed by atoms with Crippen LogP contribution in [-0.4, -0.2) is 30.8 Å². The summed E-state index contributed by atoms with van der Waals surface area (Å²) in [7, 11) is 1.76. The molecule has 2 saturated heterocycles. The van der Waals surface area contributed by atoms with Crippen LogP contribution >= 0.6 is 0 Å². The van der Waals surface area contributed by atoms with Crippen LogP contribution in [0, 0.1) is 16.7 Å². The highest BCUT2D eigenvalue weighted by Crippen LogP contribution is 2.53. The van der Waals surface area contributed by atoms with Crippen LogP contribution in [0.25, 0.3) is 0 Å². The van der Waals surface area contributed by atoms with Crippen molar-refractivity contribution in [3.63, 3.8) is 0 Å². The molecule has 2 aliphatic rings. The smallest absolute Gasteiger partial charge is 0.119 e.